The van der Waals surface area contributed by atoms with Gasteiger partial charge < -0.3 is 5.32 Å². The smallest absolute Gasteiger partial charge is 0.252 e. The molecule has 1 amide bonds. The Morgan fingerprint density at radius 2 is 1.91 bits per heavy atom. The van der Waals surface area contributed by atoms with Gasteiger partial charge in [-0.05, 0) is 25.0 Å². The molecule has 1 aliphatic carbocycles. The van der Waals surface area contributed by atoms with Crippen molar-refractivity contribution >= 4 is 11.6 Å². The number of aromatic nitrogens is 3. The summed E-state index contributed by atoms with van der Waals surface area (Å²) < 4.78 is 1.93. The molecule has 1 N–H and O–H groups in total. The maximum absolute atomic E-state index is 12.5. The van der Waals surface area contributed by atoms with E-state index in [4.69, 9.17) is 0 Å². The third-order valence-corrected chi connectivity index (χ3v) is 4.28. The number of rotatable bonds is 2. The topological polar surface area (TPSA) is 59.3 Å². The molecule has 1 aliphatic rings. The molecule has 2 aromatic heterocycles. The van der Waals surface area contributed by atoms with Crippen LogP contribution in [0.15, 0.2) is 18.3 Å². The number of fused-ring (bicyclic) bond motifs is 1. The van der Waals surface area contributed by atoms with Crippen LogP contribution in [-0.4, -0.2) is 26.5 Å². The van der Waals surface area contributed by atoms with Gasteiger partial charge in [-0.3, -0.25) is 9.20 Å². The van der Waals surface area contributed by atoms with Crippen LogP contribution in [0.1, 0.15) is 69.1 Å². The Morgan fingerprint density at radius 1 is 1.18 bits per heavy atom. The van der Waals surface area contributed by atoms with E-state index in [2.05, 4.69) is 36.3 Å². The van der Waals surface area contributed by atoms with E-state index in [0.717, 1.165) is 24.3 Å². The van der Waals surface area contributed by atoms with Crippen LogP contribution in [0.4, 0.5) is 0 Å². The number of pyridine rings is 1. The number of nitrogens with one attached hydrogen (secondary N) is 1. The predicted molar refractivity (Wildman–Crippen MR) is 86.0 cm³/mol. The van der Waals surface area contributed by atoms with Gasteiger partial charge in [0.1, 0.15) is 5.82 Å². The molecule has 3 rings (SSSR count). The van der Waals surface area contributed by atoms with E-state index >= 15 is 0 Å². The quantitative estimate of drug-likeness (QED) is 0.927. The van der Waals surface area contributed by atoms with Crippen LogP contribution in [0, 0.1) is 0 Å². The molecular formula is C17H24N4O. The Bertz CT molecular complexity index is 678. The highest BCUT2D eigenvalue weighted by molar-refractivity contribution is 5.94. The van der Waals surface area contributed by atoms with Gasteiger partial charge in [0.2, 0.25) is 0 Å². The lowest BCUT2D eigenvalue weighted by Gasteiger charge is -2.22. The van der Waals surface area contributed by atoms with Gasteiger partial charge in [0, 0.05) is 17.7 Å². The molecule has 1 fully saturated rings. The van der Waals surface area contributed by atoms with Gasteiger partial charge in [0.15, 0.2) is 5.65 Å². The van der Waals surface area contributed by atoms with E-state index in [1.165, 1.54) is 19.3 Å². The second-order valence-electron chi connectivity index (χ2n) is 7.23. The standard InChI is InChI=1S/C17H24N4O/c1-17(2,3)16-20-19-14-10-9-12(11-21(14)16)15(22)18-13-7-5-4-6-8-13/h9-11,13H,4-8H2,1-3H3,(H,18,22). The molecule has 2 heterocycles. The minimum absolute atomic E-state index is 0.00218. The molecule has 1 saturated carbocycles. The Hall–Kier alpha value is -1.91. The number of amides is 1. The van der Waals surface area contributed by atoms with Crippen molar-refractivity contribution in [1.82, 2.24) is 19.9 Å². The second kappa shape index (κ2) is 5.71. The minimum atomic E-state index is -0.113. The van der Waals surface area contributed by atoms with Gasteiger partial charge in [-0.2, -0.15) is 0 Å². The summed E-state index contributed by atoms with van der Waals surface area (Å²) in [7, 11) is 0. The Morgan fingerprint density at radius 3 is 2.59 bits per heavy atom. The van der Waals surface area contributed by atoms with Crippen molar-refractivity contribution < 1.29 is 4.79 Å². The van der Waals surface area contributed by atoms with Crippen LogP contribution in [0.3, 0.4) is 0 Å². The van der Waals surface area contributed by atoms with Crippen molar-refractivity contribution in [3.05, 3.63) is 29.7 Å². The third-order valence-electron chi connectivity index (χ3n) is 4.28. The number of nitrogens with zero attached hydrogens (tertiary/aromatic N) is 3. The molecule has 118 valence electrons. The van der Waals surface area contributed by atoms with Crippen molar-refractivity contribution in [2.24, 2.45) is 0 Å². The van der Waals surface area contributed by atoms with Crippen LogP contribution in [0.2, 0.25) is 0 Å². The maximum Gasteiger partial charge on any atom is 0.252 e. The molecular weight excluding hydrogens is 276 g/mol. The monoisotopic (exact) mass is 300 g/mol. The normalized spacial score (nSPS) is 16.9. The SMILES string of the molecule is CC(C)(C)c1nnc2ccc(C(=O)NC3CCCCC3)cn12. The number of hydrogen-bond donors (Lipinski definition) is 1. The summed E-state index contributed by atoms with van der Waals surface area (Å²) in [5.74, 6) is 0.872. The Balaban J connectivity index is 1.85. The van der Waals surface area contributed by atoms with Crippen molar-refractivity contribution in [2.75, 3.05) is 0 Å². The molecule has 0 aromatic carbocycles. The van der Waals surface area contributed by atoms with Gasteiger partial charge >= 0.3 is 0 Å². The largest absolute Gasteiger partial charge is 0.349 e. The fourth-order valence-electron chi connectivity index (χ4n) is 3.05. The minimum Gasteiger partial charge on any atom is -0.349 e. The van der Waals surface area contributed by atoms with Crippen molar-refractivity contribution in [1.29, 1.82) is 0 Å². The summed E-state index contributed by atoms with van der Waals surface area (Å²) >= 11 is 0. The molecule has 0 bridgehead atoms. The summed E-state index contributed by atoms with van der Waals surface area (Å²) in [4.78, 5) is 12.5. The molecule has 0 unspecified atom stereocenters. The Kier molecular flexibility index (Phi) is 3.89. The van der Waals surface area contributed by atoms with Crippen LogP contribution in [0.25, 0.3) is 5.65 Å². The number of hydrogen-bond acceptors (Lipinski definition) is 3. The first-order valence-electron chi connectivity index (χ1n) is 8.11. The molecule has 5 nitrogen and oxygen atoms in total. The first kappa shape index (κ1) is 15.0. The van der Waals surface area contributed by atoms with E-state index < -0.39 is 0 Å². The zero-order valence-corrected chi connectivity index (χ0v) is 13.6. The molecule has 0 aliphatic heterocycles. The molecule has 5 heteroatoms. The molecule has 0 radical (unpaired) electrons. The zero-order chi connectivity index (χ0) is 15.7. The van der Waals surface area contributed by atoms with Crippen LogP contribution < -0.4 is 5.32 Å². The summed E-state index contributed by atoms with van der Waals surface area (Å²) in [6.45, 7) is 6.29. The zero-order valence-electron chi connectivity index (χ0n) is 13.6. The van der Waals surface area contributed by atoms with Crippen molar-refractivity contribution in [3.8, 4) is 0 Å². The van der Waals surface area contributed by atoms with Gasteiger partial charge in [-0.15, -0.1) is 10.2 Å². The third kappa shape index (κ3) is 2.98. The Labute approximate surface area is 131 Å². The molecule has 22 heavy (non-hydrogen) atoms. The first-order valence-corrected chi connectivity index (χ1v) is 8.11. The second-order valence-corrected chi connectivity index (χ2v) is 7.23. The van der Waals surface area contributed by atoms with E-state index in [0.29, 0.717) is 11.6 Å². The lowest BCUT2D eigenvalue weighted by atomic mass is 9.95. The molecule has 0 saturated heterocycles. The van der Waals surface area contributed by atoms with Crippen molar-refractivity contribution in [2.45, 2.75) is 64.3 Å². The van der Waals surface area contributed by atoms with Crippen molar-refractivity contribution in [3.63, 3.8) is 0 Å². The molecule has 0 atom stereocenters. The van der Waals surface area contributed by atoms with Gasteiger partial charge in [-0.25, -0.2) is 0 Å². The van der Waals surface area contributed by atoms with Crippen LogP contribution in [0.5, 0.6) is 0 Å². The summed E-state index contributed by atoms with van der Waals surface area (Å²) in [6, 6.07) is 4.01. The van der Waals surface area contributed by atoms with E-state index in [9.17, 15) is 4.79 Å². The van der Waals surface area contributed by atoms with E-state index in [-0.39, 0.29) is 11.3 Å². The van der Waals surface area contributed by atoms with E-state index in [1.54, 1.807) is 0 Å². The first-order chi connectivity index (χ1) is 10.4. The molecule has 2 aromatic rings. The highest BCUT2D eigenvalue weighted by atomic mass is 16.1. The fourth-order valence-corrected chi connectivity index (χ4v) is 3.05. The lowest BCUT2D eigenvalue weighted by molar-refractivity contribution is 0.0927. The highest BCUT2D eigenvalue weighted by Crippen LogP contribution is 2.22. The average molecular weight is 300 g/mol. The highest BCUT2D eigenvalue weighted by Gasteiger charge is 2.22. The number of carbonyl (C=O) groups excluding carboxylic acids is 1. The van der Waals surface area contributed by atoms with Crippen LogP contribution in [-0.2, 0) is 5.41 Å². The van der Waals surface area contributed by atoms with Gasteiger partial charge in [-0.1, -0.05) is 40.0 Å². The number of carbonyl (C=O) groups is 1. The maximum atomic E-state index is 12.5. The lowest BCUT2D eigenvalue weighted by Crippen LogP contribution is -2.36. The van der Waals surface area contributed by atoms with Gasteiger partial charge in [0.25, 0.3) is 5.91 Å². The summed E-state index contributed by atoms with van der Waals surface area (Å²) in [6.07, 6.45) is 7.75. The van der Waals surface area contributed by atoms with Gasteiger partial charge in [0.05, 0.1) is 5.56 Å². The summed E-state index contributed by atoms with van der Waals surface area (Å²) in [5.41, 5.74) is 1.33. The van der Waals surface area contributed by atoms with E-state index in [1.807, 2.05) is 22.7 Å². The predicted octanol–water partition coefficient (Wildman–Crippen LogP) is 3.09. The summed E-state index contributed by atoms with van der Waals surface area (Å²) in [5, 5.41) is 11.6. The molecule has 0 spiro atoms. The average Bonchev–Trinajstić information content (AvgIpc) is 2.91. The van der Waals surface area contributed by atoms with Crippen LogP contribution >= 0.6 is 0 Å². The fraction of sp³-hybridized carbons (Fsp3) is 0.588.